The summed E-state index contributed by atoms with van der Waals surface area (Å²) >= 11 is 7.77. The fraction of sp³-hybridized carbons (Fsp3) is 0. The fourth-order valence-electron chi connectivity index (χ4n) is 2.41. The van der Waals surface area contributed by atoms with Crippen molar-refractivity contribution in [2.24, 2.45) is 0 Å². The number of hydrogen-bond donors (Lipinski definition) is 0. The van der Waals surface area contributed by atoms with E-state index in [-0.39, 0.29) is 0 Å². The van der Waals surface area contributed by atoms with Crippen LogP contribution in [0.5, 0.6) is 0 Å². The molecule has 4 rings (SSSR count). The van der Waals surface area contributed by atoms with Crippen molar-refractivity contribution in [2.45, 2.75) is 0 Å². The van der Waals surface area contributed by atoms with E-state index in [0.29, 0.717) is 0 Å². The van der Waals surface area contributed by atoms with Crippen LogP contribution in [0, 0.1) is 0 Å². The van der Waals surface area contributed by atoms with E-state index in [2.05, 4.69) is 36.4 Å². The van der Waals surface area contributed by atoms with Gasteiger partial charge >= 0.3 is 0 Å². The molecule has 0 N–H and O–H groups in total. The lowest BCUT2D eigenvalue weighted by molar-refractivity contribution is 1.49. The van der Waals surface area contributed by atoms with Gasteiger partial charge in [0.05, 0.1) is 10.2 Å². The zero-order chi connectivity index (χ0) is 13.5. The van der Waals surface area contributed by atoms with Crippen LogP contribution < -0.4 is 0 Å². The number of benzene rings is 3. The molecule has 3 heteroatoms. The Morgan fingerprint density at radius 3 is 2.70 bits per heavy atom. The van der Waals surface area contributed by atoms with Crippen LogP contribution in [0.25, 0.3) is 31.6 Å². The van der Waals surface area contributed by atoms with Crippen LogP contribution in [0.15, 0.2) is 60.7 Å². The highest BCUT2D eigenvalue weighted by atomic mass is 35.5. The molecule has 1 heterocycles. The Hall–Kier alpha value is -1.90. The van der Waals surface area contributed by atoms with Crippen molar-refractivity contribution >= 4 is 43.9 Å². The van der Waals surface area contributed by atoms with Gasteiger partial charge < -0.3 is 0 Å². The molecule has 0 atom stereocenters. The van der Waals surface area contributed by atoms with Crippen molar-refractivity contribution in [1.82, 2.24) is 4.98 Å². The molecule has 20 heavy (non-hydrogen) atoms. The van der Waals surface area contributed by atoms with Gasteiger partial charge in [-0.3, -0.25) is 0 Å². The molecule has 0 spiro atoms. The summed E-state index contributed by atoms with van der Waals surface area (Å²) in [5.74, 6) is 0. The van der Waals surface area contributed by atoms with Gasteiger partial charge in [0.15, 0.2) is 0 Å². The minimum Gasteiger partial charge on any atom is -0.235 e. The maximum Gasteiger partial charge on any atom is 0.124 e. The van der Waals surface area contributed by atoms with Crippen LogP contribution in [-0.2, 0) is 0 Å². The third-order valence-corrected chi connectivity index (χ3v) is 4.66. The maximum absolute atomic E-state index is 6.07. The molecule has 0 fully saturated rings. The largest absolute Gasteiger partial charge is 0.235 e. The quantitative estimate of drug-likeness (QED) is 0.434. The maximum atomic E-state index is 6.07. The third-order valence-electron chi connectivity index (χ3n) is 3.36. The fourth-order valence-corrected chi connectivity index (χ4v) is 3.58. The van der Waals surface area contributed by atoms with E-state index in [0.717, 1.165) is 21.1 Å². The summed E-state index contributed by atoms with van der Waals surface area (Å²) in [7, 11) is 0. The minimum atomic E-state index is 0.742. The molecule has 0 aliphatic heterocycles. The normalized spacial score (nSPS) is 11.2. The summed E-state index contributed by atoms with van der Waals surface area (Å²) in [5, 5.41) is 4.18. The van der Waals surface area contributed by atoms with Crippen molar-refractivity contribution in [3.8, 4) is 10.6 Å². The molecule has 0 aliphatic rings. The van der Waals surface area contributed by atoms with Gasteiger partial charge in [-0.15, -0.1) is 11.3 Å². The zero-order valence-electron chi connectivity index (χ0n) is 10.5. The SMILES string of the molecule is Clc1cccc(-c2nc3c(ccc4ccccc43)s2)c1. The molecule has 4 aromatic rings. The van der Waals surface area contributed by atoms with Gasteiger partial charge in [-0.05, 0) is 23.6 Å². The van der Waals surface area contributed by atoms with E-state index in [1.165, 1.54) is 15.5 Å². The lowest BCUT2D eigenvalue weighted by atomic mass is 10.1. The predicted octanol–water partition coefficient (Wildman–Crippen LogP) is 5.77. The van der Waals surface area contributed by atoms with Gasteiger partial charge in [-0.2, -0.15) is 0 Å². The van der Waals surface area contributed by atoms with Gasteiger partial charge in [0.25, 0.3) is 0 Å². The van der Waals surface area contributed by atoms with Gasteiger partial charge in [0, 0.05) is 16.0 Å². The highest BCUT2D eigenvalue weighted by molar-refractivity contribution is 7.21. The van der Waals surface area contributed by atoms with Crippen LogP contribution in [0.2, 0.25) is 5.02 Å². The van der Waals surface area contributed by atoms with Crippen molar-refractivity contribution in [2.75, 3.05) is 0 Å². The molecular formula is C17H10ClNS. The van der Waals surface area contributed by atoms with E-state index in [9.17, 15) is 0 Å². The zero-order valence-corrected chi connectivity index (χ0v) is 12.1. The molecule has 0 bridgehead atoms. The lowest BCUT2D eigenvalue weighted by Crippen LogP contribution is -1.77. The summed E-state index contributed by atoms with van der Waals surface area (Å²) < 4.78 is 1.21. The van der Waals surface area contributed by atoms with Crippen LogP contribution >= 0.6 is 22.9 Å². The molecule has 0 saturated carbocycles. The summed E-state index contributed by atoms with van der Waals surface area (Å²) in [6.07, 6.45) is 0. The lowest BCUT2D eigenvalue weighted by Gasteiger charge is -1.97. The van der Waals surface area contributed by atoms with Crippen LogP contribution in [0.4, 0.5) is 0 Å². The molecule has 1 aromatic heterocycles. The number of rotatable bonds is 1. The average molecular weight is 296 g/mol. The highest BCUT2D eigenvalue weighted by Gasteiger charge is 2.09. The summed E-state index contributed by atoms with van der Waals surface area (Å²) in [4.78, 5) is 4.81. The molecule has 96 valence electrons. The summed E-state index contributed by atoms with van der Waals surface area (Å²) in [6.45, 7) is 0. The van der Waals surface area contributed by atoms with Crippen molar-refractivity contribution in [1.29, 1.82) is 0 Å². The van der Waals surface area contributed by atoms with E-state index < -0.39 is 0 Å². The highest BCUT2D eigenvalue weighted by Crippen LogP contribution is 2.34. The Morgan fingerprint density at radius 2 is 1.80 bits per heavy atom. The number of fused-ring (bicyclic) bond motifs is 3. The minimum absolute atomic E-state index is 0.742. The second-order valence-electron chi connectivity index (χ2n) is 4.66. The Balaban J connectivity index is 2.01. The van der Waals surface area contributed by atoms with E-state index >= 15 is 0 Å². The first-order valence-electron chi connectivity index (χ1n) is 6.35. The van der Waals surface area contributed by atoms with Gasteiger partial charge in [0.2, 0.25) is 0 Å². The standard InChI is InChI=1S/C17H10ClNS/c18-13-6-3-5-12(10-13)17-19-16-14-7-2-1-4-11(14)8-9-15(16)20-17/h1-10H. The number of nitrogens with zero attached hydrogens (tertiary/aromatic N) is 1. The second-order valence-corrected chi connectivity index (χ2v) is 6.13. The summed E-state index contributed by atoms with van der Waals surface area (Å²) in [5.41, 5.74) is 2.14. The molecule has 0 unspecified atom stereocenters. The first-order chi connectivity index (χ1) is 9.81. The number of thiazole rings is 1. The summed E-state index contributed by atoms with van der Waals surface area (Å²) in [6, 6.07) is 20.5. The van der Waals surface area contributed by atoms with Crippen molar-refractivity contribution < 1.29 is 0 Å². The molecular weight excluding hydrogens is 286 g/mol. The Kier molecular flexibility index (Phi) is 2.72. The smallest absolute Gasteiger partial charge is 0.124 e. The Morgan fingerprint density at radius 1 is 0.900 bits per heavy atom. The first kappa shape index (κ1) is 11.9. The van der Waals surface area contributed by atoms with Gasteiger partial charge in [-0.25, -0.2) is 4.98 Å². The van der Waals surface area contributed by atoms with Crippen LogP contribution in [0.3, 0.4) is 0 Å². The molecule has 3 aromatic carbocycles. The number of halogens is 1. The molecule has 0 radical (unpaired) electrons. The number of aromatic nitrogens is 1. The first-order valence-corrected chi connectivity index (χ1v) is 7.55. The molecule has 0 saturated heterocycles. The average Bonchev–Trinajstić information content (AvgIpc) is 2.92. The second kappa shape index (κ2) is 4.58. The molecule has 1 nitrogen and oxygen atoms in total. The predicted molar refractivity (Wildman–Crippen MR) is 87.6 cm³/mol. The van der Waals surface area contributed by atoms with E-state index in [1.54, 1.807) is 11.3 Å². The Bertz CT molecular complexity index is 926. The molecule has 0 aliphatic carbocycles. The molecule has 0 amide bonds. The third kappa shape index (κ3) is 1.89. The van der Waals surface area contributed by atoms with E-state index in [1.807, 2.05) is 24.3 Å². The Labute approximate surface area is 125 Å². The van der Waals surface area contributed by atoms with Crippen molar-refractivity contribution in [3.63, 3.8) is 0 Å². The van der Waals surface area contributed by atoms with Crippen molar-refractivity contribution in [3.05, 3.63) is 65.7 Å². The van der Waals surface area contributed by atoms with Gasteiger partial charge in [0.1, 0.15) is 5.01 Å². The topological polar surface area (TPSA) is 12.9 Å². The van der Waals surface area contributed by atoms with Crippen LogP contribution in [-0.4, -0.2) is 4.98 Å². The van der Waals surface area contributed by atoms with Gasteiger partial charge in [-0.1, -0.05) is 54.1 Å². The number of hydrogen-bond acceptors (Lipinski definition) is 2. The van der Waals surface area contributed by atoms with E-state index in [4.69, 9.17) is 16.6 Å². The van der Waals surface area contributed by atoms with Crippen LogP contribution in [0.1, 0.15) is 0 Å². The monoisotopic (exact) mass is 295 g/mol.